The number of benzene rings is 1. The standard InChI is InChI=1S/C16H12F3N3O2/c1-10-4-6-11(7-5-10)14-20-13(24-21-14)9-22-8-2-3-12(15(22)23)16(17,18)19/h2-8H,9H2,1H3. The van der Waals surface area contributed by atoms with E-state index < -0.39 is 17.3 Å². The van der Waals surface area contributed by atoms with E-state index in [1.807, 2.05) is 19.1 Å². The van der Waals surface area contributed by atoms with Crippen LogP contribution < -0.4 is 5.56 Å². The maximum atomic E-state index is 12.8. The smallest absolute Gasteiger partial charge is 0.337 e. The summed E-state index contributed by atoms with van der Waals surface area (Å²) in [5.41, 5.74) is -0.603. The second kappa shape index (κ2) is 5.95. The number of aromatic nitrogens is 3. The molecule has 8 heteroatoms. The maximum Gasteiger partial charge on any atom is 0.421 e. The van der Waals surface area contributed by atoms with Gasteiger partial charge in [0.1, 0.15) is 12.1 Å². The number of rotatable bonds is 3. The SMILES string of the molecule is Cc1ccc(-c2noc(Cn3cccc(C(F)(F)F)c3=O)n2)cc1. The Bertz CT molecular complexity index is 911. The van der Waals surface area contributed by atoms with E-state index in [1.54, 1.807) is 12.1 Å². The molecule has 1 aromatic carbocycles. The lowest BCUT2D eigenvalue weighted by Gasteiger charge is -2.08. The molecule has 0 fully saturated rings. The molecule has 0 aliphatic heterocycles. The van der Waals surface area contributed by atoms with Gasteiger partial charge in [0.05, 0.1) is 0 Å². The van der Waals surface area contributed by atoms with Crippen molar-refractivity contribution < 1.29 is 17.7 Å². The van der Waals surface area contributed by atoms with Crippen molar-refractivity contribution in [1.29, 1.82) is 0 Å². The molecule has 0 radical (unpaired) electrons. The van der Waals surface area contributed by atoms with E-state index in [0.717, 1.165) is 22.3 Å². The summed E-state index contributed by atoms with van der Waals surface area (Å²) in [7, 11) is 0. The molecule has 0 N–H and O–H groups in total. The summed E-state index contributed by atoms with van der Waals surface area (Å²) >= 11 is 0. The van der Waals surface area contributed by atoms with E-state index in [4.69, 9.17) is 4.52 Å². The first-order valence-electron chi connectivity index (χ1n) is 7.01. The van der Waals surface area contributed by atoms with Gasteiger partial charge >= 0.3 is 6.18 Å². The molecule has 5 nitrogen and oxygen atoms in total. The number of pyridine rings is 1. The lowest BCUT2D eigenvalue weighted by atomic mass is 10.1. The molecule has 0 spiro atoms. The van der Waals surface area contributed by atoms with Gasteiger partial charge in [-0.1, -0.05) is 35.0 Å². The summed E-state index contributed by atoms with van der Waals surface area (Å²) in [6.45, 7) is 1.70. The Labute approximate surface area is 134 Å². The first kappa shape index (κ1) is 16.0. The molecule has 0 aliphatic rings. The van der Waals surface area contributed by atoms with Crippen LogP contribution in [0.25, 0.3) is 11.4 Å². The Morgan fingerprint density at radius 2 is 1.88 bits per heavy atom. The molecule has 0 aliphatic carbocycles. The number of nitrogens with zero attached hydrogens (tertiary/aromatic N) is 3. The topological polar surface area (TPSA) is 60.9 Å². The van der Waals surface area contributed by atoms with Crippen molar-refractivity contribution in [1.82, 2.24) is 14.7 Å². The van der Waals surface area contributed by atoms with Crippen molar-refractivity contribution >= 4 is 0 Å². The van der Waals surface area contributed by atoms with Gasteiger partial charge in [-0.25, -0.2) is 0 Å². The summed E-state index contributed by atoms with van der Waals surface area (Å²) in [5.74, 6) is 0.358. The van der Waals surface area contributed by atoms with Gasteiger partial charge in [-0.3, -0.25) is 4.79 Å². The first-order chi connectivity index (χ1) is 11.3. The van der Waals surface area contributed by atoms with E-state index >= 15 is 0 Å². The molecule has 0 atom stereocenters. The summed E-state index contributed by atoms with van der Waals surface area (Å²) in [5, 5.41) is 3.79. The Morgan fingerprint density at radius 1 is 1.17 bits per heavy atom. The van der Waals surface area contributed by atoms with Crippen LogP contribution >= 0.6 is 0 Å². The highest BCUT2D eigenvalue weighted by Gasteiger charge is 2.34. The van der Waals surface area contributed by atoms with E-state index in [1.165, 1.54) is 6.20 Å². The highest BCUT2D eigenvalue weighted by Crippen LogP contribution is 2.26. The Morgan fingerprint density at radius 3 is 2.54 bits per heavy atom. The number of hydrogen-bond acceptors (Lipinski definition) is 4. The van der Waals surface area contributed by atoms with E-state index in [-0.39, 0.29) is 12.4 Å². The van der Waals surface area contributed by atoms with Crippen molar-refractivity contribution in [2.75, 3.05) is 0 Å². The van der Waals surface area contributed by atoms with Gasteiger partial charge in [-0.2, -0.15) is 18.2 Å². The Balaban J connectivity index is 1.88. The first-order valence-corrected chi connectivity index (χ1v) is 7.01. The second-order valence-corrected chi connectivity index (χ2v) is 5.23. The van der Waals surface area contributed by atoms with Crippen molar-refractivity contribution in [3.05, 3.63) is 70.0 Å². The van der Waals surface area contributed by atoms with E-state index in [9.17, 15) is 18.0 Å². The minimum absolute atomic E-state index is 0.0481. The molecule has 0 amide bonds. The number of aryl methyl sites for hydroxylation is 1. The van der Waals surface area contributed by atoms with Crippen LogP contribution in [0.15, 0.2) is 51.9 Å². The zero-order valence-electron chi connectivity index (χ0n) is 12.5. The van der Waals surface area contributed by atoms with Gasteiger partial charge in [0, 0.05) is 11.8 Å². The number of alkyl halides is 3. The summed E-state index contributed by atoms with van der Waals surface area (Å²) in [6.07, 6.45) is -3.46. The summed E-state index contributed by atoms with van der Waals surface area (Å²) < 4.78 is 44.2. The quantitative estimate of drug-likeness (QED) is 0.737. The van der Waals surface area contributed by atoms with E-state index in [0.29, 0.717) is 11.4 Å². The Hall–Kier alpha value is -2.90. The van der Waals surface area contributed by atoms with Crippen LogP contribution in [-0.4, -0.2) is 14.7 Å². The molecular formula is C16H12F3N3O2. The lowest BCUT2D eigenvalue weighted by molar-refractivity contribution is -0.139. The van der Waals surface area contributed by atoms with Crippen LogP contribution in [0.4, 0.5) is 13.2 Å². The maximum absolute atomic E-state index is 12.8. The normalized spacial score (nSPS) is 11.7. The fourth-order valence-corrected chi connectivity index (χ4v) is 2.16. The van der Waals surface area contributed by atoms with Crippen molar-refractivity contribution in [2.45, 2.75) is 19.6 Å². The van der Waals surface area contributed by atoms with Gasteiger partial charge in [-0.05, 0) is 19.1 Å². The molecular weight excluding hydrogens is 323 g/mol. The minimum Gasteiger partial charge on any atom is -0.337 e. The third-order valence-electron chi connectivity index (χ3n) is 3.41. The molecule has 24 heavy (non-hydrogen) atoms. The van der Waals surface area contributed by atoms with Crippen LogP contribution in [0.3, 0.4) is 0 Å². The molecule has 0 bridgehead atoms. The lowest BCUT2D eigenvalue weighted by Crippen LogP contribution is -2.28. The molecule has 124 valence electrons. The van der Waals surface area contributed by atoms with Gasteiger partial charge in [0.25, 0.3) is 5.56 Å². The highest BCUT2D eigenvalue weighted by molar-refractivity contribution is 5.54. The fraction of sp³-hybridized carbons (Fsp3) is 0.188. The summed E-state index contributed by atoms with van der Waals surface area (Å²) in [6, 6.07) is 9.26. The monoisotopic (exact) mass is 335 g/mol. The van der Waals surface area contributed by atoms with Crippen LogP contribution in [0.5, 0.6) is 0 Å². The second-order valence-electron chi connectivity index (χ2n) is 5.23. The predicted molar refractivity (Wildman–Crippen MR) is 79.3 cm³/mol. The molecule has 0 unspecified atom stereocenters. The van der Waals surface area contributed by atoms with E-state index in [2.05, 4.69) is 10.1 Å². The zero-order chi connectivity index (χ0) is 17.3. The predicted octanol–water partition coefficient (Wildman–Crippen LogP) is 3.27. The zero-order valence-corrected chi connectivity index (χ0v) is 12.5. The third kappa shape index (κ3) is 3.22. The van der Waals surface area contributed by atoms with Gasteiger partial charge in [0.2, 0.25) is 11.7 Å². The van der Waals surface area contributed by atoms with Gasteiger partial charge < -0.3 is 9.09 Å². The van der Waals surface area contributed by atoms with Crippen LogP contribution in [-0.2, 0) is 12.7 Å². The average Bonchev–Trinajstić information content (AvgIpc) is 2.97. The highest BCUT2D eigenvalue weighted by atomic mass is 19.4. The number of hydrogen-bond donors (Lipinski definition) is 0. The Kier molecular flexibility index (Phi) is 3.96. The molecule has 2 heterocycles. The fourth-order valence-electron chi connectivity index (χ4n) is 2.16. The van der Waals surface area contributed by atoms with Crippen LogP contribution in [0.1, 0.15) is 17.0 Å². The number of halogens is 3. The molecule has 2 aromatic heterocycles. The largest absolute Gasteiger partial charge is 0.421 e. The molecule has 3 rings (SSSR count). The third-order valence-corrected chi connectivity index (χ3v) is 3.41. The molecule has 0 saturated carbocycles. The van der Waals surface area contributed by atoms with Crippen molar-refractivity contribution in [2.24, 2.45) is 0 Å². The van der Waals surface area contributed by atoms with Gasteiger partial charge in [0.15, 0.2) is 0 Å². The van der Waals surface area contributed by atoms with Crippen LogP contribution in [0, 0.1) is 6.92 Å². The van der Waals surface area contributed by atoms with Crippen LogP contribution in [0.2, 0.25) is 0 Å². The summed E-state index contributed by atoms with van der Waals surface area (Å²) in [4.78, 5) is 16.0. The van der Waals surface area contributed by atoms with Crippen molar-refractivity contribution in [3.63, 3.8) is 0 Å². The average molecular weight is 335 g/mol. The van der Waals surface area contributed by atoms with Gasteiger partial charge in [-0.15, -0.1) is 0 Å². The minimum atomic E-state index is -4.71. The molecule has 3 aromatic rings. The molecule has 0 saturated heterocycles. The van der Waals surface area contributed by atoms with Crippen molar-refractivity contribution in [3.8, 4) is 11.4 Å².